The first kappa shape index (κ1) is 13.4. The largest absolute Gasteiger partial charge is 0.496 e. The summed E-state index contributed by atoms with van der Waals surface area (Å²) in [4.78, 5) is 11.1. The smallest absolute Gasteiger partial charge is 0.220 e. The molecule has 1 saturated heterocycles. The van der Waals surface area contributed by atoms with E-state index >= 15 is 0 Å². The third kappa shape index (κ3) is 3.46. The number of ether oxygens (including phenoxy) is 1. The van der Waals surface area contributed by atoms with Gasteiger partial charge in [0.15, 0.2) is 0 Å². The summed E-state index contributed by atoms with van der Waals surface area (Å²) in [5.74, 6) is 1.02. The van der Waals surface area contributed by atoms with E-state index in [-0.39, 0.29) is 11.9 Å². The molecular weight excluding hydrogens is 296 g/mol. The molecule has 1 aliphatic heterocycles. The number of hydrogen-bond donors (Lipinski definition) is 2. The third-order valence-electron chi connectivity index (χ3n) is 3.04. The van der Waals surface area contributed by atoms with Crippen molar-refractivity contribution in [3.05, 3.63) is 28.2 Å². The van der Waals surface area contributed by atoms with Gasteiger partial charge >= 0.3 is 0 Å². The second kappa shape index (κ2) is 6.20. The van der Waals surface area contributed by atoms with Crippen LogP contribution in [0.25, 0.3) is 0 Å². The molecule has 1 aromatic rings. The normalized spacial score (nSPS) is 18.8. The third-order valence-corrected chi connectivity index (χ3v) is 3.53. The minimum Gasteiger partial charge on any atom is -0.496 e. The summed E-state index contributed by atoms with van der Waals surface area (Å²) < 4.78 is 6.33. The van der Waals surface area contributed by atoms with Crippen LogP contribution >= 0.6 is 15.9 Å². The van der Waals surface area contributed by atoms with E-state index in [1.54, 1.807) is 7.11 Å². The maximum absolute atomic E-state index is 11.1. The first-order valence-electron chi connectivity index (χ1n) is 6.01. The van der Waals surface area contributed by atoms with Crippen LogP contribution < -0.4 is 15.4 Å². The van der Waals surface area contributed by atoms with Gasteiger partial charge in [0.25, 0.3) is 0 Å². The number of methoxy groups -OCH3 is 1. The molecule has 1 unspecified atom stereocenters. The van der Waals surface area contributed by atoms with Gasteiger partial charge in [-0.3, -0.25) is 4.79 Å². The molecule has 98 valence electrons. The lowest BCUT2D eigenvalue weighted by molar-refractivity contribution is -0.119. The fourth-order valence-corrected chi connectivity index (χ4v) is 2.42. The van der Waals surface area contributed by atoms with Gasteiger partial charge in [0.05, 0.1) is 7.11 Å². The molecule has 0 radical (unpaired) electrons. The van der Waals surface area contributed by atoms with Crippen LogP contribution in [0.3, 0.4) is 0 Å². The highest BCUT2D eigenvalue weighted by molar-refractivity contribution is 9.10. The van der Waals surface area contributed by atoms with Crippen molar-refractivity contribution in [3.8, 4) is 5.75 Å². The molecule has 0 bridgehead atoms. The number of amides is 1. The molecule has 2 N–H and O–H groups in total. The highest BCUT2D eigenvalue weighted by Gasteiger charge is 2.19. The van der Waals surface area contributed by atoms with E-state index < -0.39 is 0 Å². The lowest BCUT2D eigenvalue weighted by Gasteiger charge is -2.13. The summed E-state index contributed by atoms with van der Waals surface area (Å²) in [6.45, 7) is 1.54. The Labute approximate surface area is 115 Å². The Kier molecular flexibility index (Phi) is 4.60. The highest BCUT2D eigenvalue weighted by atomic mass is 79.9. The Bertz CT molecular complexity index is 437. The Morgan fingerprint density at radius 3 is 3.06 bits per heavy atom. The van der Waals surface area contributed by atoms with Crippen molar-refractivity contribution in [2.75, 3.05) is 13.7 Å². The quantitative estimate of drug-likeness (QED) is 0.872. The minimum atomic E-state index is 0.156. The van der Waals surface area contributed by atoms with E-state index in [2.05, 4.69) is 26.6 Å². The van der Waals surface area contributed by atoms with Crippen molar-refractivity contribution in [1.29, 1.82) is 0 Å². The average molecular weight is 313 g/mol. The fraction of sp³-hybridized carbons (Fsp3) is 0.462. The Morgan fingerprint density at radius 1 is 1.56 bits per heavy atom. The van der Waals surface area contributed by atoms with Crippen molar-refractivity contribution in [1.82, 2.24) is 10.6 Å². The first-order valence-corrected chi connectivity index (χ1v) is 6.81. The second-order valence-corrected chi connectivity index (χ2v) is 5.31. The summed E-state index contributed by atoms with van der Waals surface area (Å²) in [7, 11) is 1.67. The van der Waals surface area contributed by atoms with Gasteiger partial charge in [0.1, 0.15) is 5.75 Å². The molecule has 0 spiro atoms. The fourth-order valence-electron chi connectivity index (χ4n) is 2.08. The van der Waals surface area contributed by atoms with Crippen LogP contribution in [0.15, 0.2) is 22.7 Å². The number of carbonyl (C=O) groups is 1. The molecule has 1 heterocycles. The molecule has 1 aromatic carbocycles. The Balaban J connectivity index is 1.84. The van der Waals surface area contributed by atoms with Crippen LogP contribution in [0.4, 0.5) is 0 Å². The maximum Gasteiger partial charge on any atom is 0.220 e. The number of nitrogens with one attached hydrogen (secondary N) is 2. The summed E-state index contributed by atoms with van der Waals surface area (Å²) >= 11 is 3.42. The summed E-state index contributed by atoms with van der Waals surface area (Å²) in [6.07, 6.45) is 1.57. The van der Waals surface area contributed by atoms with Gasteiger partial charge in [0, 0.05) is 35.6 Å². The monoisotopic (exact) mass is 312 g/mol. The van der Waals surface area contributed by atoms with E-state index in [4.69, 9.17) is 4.74 Å². The van der Waals surface area contributed by atoms with Crippen LogP contribution in [-0.4, -0.2) is 25.6 Å². The van der Waals surface area contributed by atoms with Crippen LogP contribution in [-0.2, 0) is 11.3 Å². The minimum absolute atomic E-state index is 0.156. The molecule has 0 aromatic heterocycles. The zero-order valence-corrected chi connectivity index (χ0v) is 11.9. The SMILES string of the molecule is COc1cc(Br)ccc1CNCC1CCC(=O)N1. The highest BCUT2D eigenvalue weighted by Crippen LogP contribution is 2.23. The number of benzene rings is 1. The van der Waals surface area contributed by atoms with E-state index in [1.807, 2.05) is 18.2 Å². The molecule has 1 atom stereocenters. The van der Waals surface area contributed by atoms with E-state index in [0.29, 0.717) is 6.42 Å². The lowest BCUT2D eigenvalue weighted by Crippen LogP contribution is -2.35. The zero-order valence-electron chi connectivity index (χ0n) is 10.3. The number of rotatable bonds is 5. The topological polar surface area (TPSA) is 50.4 Å². The number of halogens is 1. The van der Waals surface area contributed by atoms with Gasteiger partial charge in [0.2, 0.25) is 5.91 Å². The predicted molar refractivity (Wildman–Crippen MR) is 73.6 cm³/mol. The maximum atomic E-state index is 11.1. The van der Waals surface area contributed by atoms with Gasteiger partial charge < -0.3 is 15.4 Å². The van der Waals surface area contributed by atoms with Crippen molar-refractivity contribution < 1.29 is 9.53 Å². The van der Waals surface area contributed by atoms with E-state index in [9.17, 15) is 4.79 Å². The zero-order chi connectivity index (χ0) is 13.0. The van der Waals surface area contributed by atoms with Crippen molar-refractivity contribution in [2.45, 2.75) is 25.4 Å². The van der Waals surface area contributed by atoms with Gasteiger partial charge in [-0.1, -0.05) is 22.0 Å². The van der Waals surface area contributed by atoms with Gasteiger partial charge in [-0.25, -0.2) is 0 Å². The molecular formula is C13H17BrN2O2. The summed E-state index contributed by atoms with van der Waals surface area (Å²) in [5.41, 5.74) is 1.12. The Morgan fingerprint density at radius 2 is 2.39 bits per heavy atom. The average Bonchev–Trinajstić information content (AvgIpc) is 2.77. The standard InChI is InChI=1S/C13H17BrN2O2/c1-18-12-6-10(14)3-2-9(12)7-15-8-11-4-5-13(17)16-11/h2-3,6,11,15H,4-5,7-8H2,1H3,(H,16,17). The number of carbonyl (C=O) groups excluding carboxylic acids is 1. The molecule has 0 saturated carbocycles. The Hall–Kier alpha value is -1.07. The van der Waals surface area contributed by atoms with Crippen molar-refractivity contribution in [2.24, 2.45) is 0 Å². The molecule has 18 heavy (non-hydrogen) atoms. The summed E-state index contributed by atoms with van der Waals surface area (Å²) in [5, 5.41) is 6.29. The predicted octanol–water partition coefficient (Wildman–Crippen LogP) is 1.83. The molecule has 4 nitrogen and oxygen atoms in total. The molecule has 2 rings (SSSR count). The van der Waals surface area contributed by atoms with Gasteiger partial charge in [-0.2, -0.15) is 0 Å². The van der Waals surface area contributed by atoms with Crippen LogP contribution in [0, 0.1) is 0 Å². The second-order valence-electron chi connectivity index (χ2n) is 4.39. The molecule has 1 aliphatic rings. The first-order chi connectivity index (χ1) is 8.69. The molecule has 1 fully saturated rings. The molecule has 0 aliphatic carbocycles. The number of hydrogen-bond acceptors (Lipinski definition) is 3. The lowest BCUT2D eigenvalue weighted by atomic mass is 10.2. The molecule has 1 amide bonds. The summed E-state index contributed by atoms with van der Waals surface area (Å²) in [6, 6.07) is 6.24. The van der Waals surface area contributed by atoms with Crippen molar-refractivity contribution >= 4 is 21.8 Å². The van der Waals surface area contributed by atoms with Crippen LogP contribution in [0.5, 0.6) is 5.75 Å². The van der Waals surface area contributed by atoms with Crippen molar-refractivity contribution in [3.63, 3.8) is 0 Å². The molecule has 5 heteroatoms. The van der Waals surface area contributed by atoms with Crippen LogP contribution in [0.1, 0.15) is 18.4 Å². The van der Waals surface area contributed by atoms with Gasteiger partial charge in [-0.05, 0) is 18.6 Å². The van der Waals surface area contributed by atoms with E-state index in [1.165, 1.54) is 0 Å². The van der Waals surface area contributed by atoms with Gasteiger partial charge in [-0.15, -0.1) is 0 Å². The van der Waals surface area contributed by atoms with E-state index in [0.717, 1.165) is 35.3 Å². The van der Waals surface area contributed by atoms with Crippen LogP contribution in [0.2, 0.25) is 0 Å².